The van der Waals surface area contributed by atoms with Crippen LogP contribution in [0.5, 0.6) is 23.0 Å². The third-order valence-electron chi connectivity index (χ3n) is 5.70. The van der Waals surface area contributed by atoms with E-state index < -0.39 is 5.41 Å². The number of fused-ring (bicyclic) bond motifs is 1. The van der Waals surface area contributed by atoms with Gasteiger partial charge in [0.2, 0.25) is 5.91 Å². The molecule has 0 saturated heterocycles. The smallest absolute Gasteiger partial charge is 0.230 e. The summed E-state index contributed by atoms with van der Waals surface area (Å²) in [5.41, 5.74) is 0.503. The first kappa shape index (κ1) is 19.4. The van der Waals surface area contributed by atoms with Gasteiger partial charge in [0.25, 0.3) is 0 Å². The van der Waals surface area contributed by atoms with Gasteiger partial charge in [0.15, 0.2) is 11.5 Å². The first-order chi connectivity index (χ1) is 14.2. The van der Waals surface area contributed by atoms with Crippen LogP contribution in [0.25, 0.3) is 0 Å². The Morgan fingerprint density at radius 3 is 2.41 bits per heavy atom. The van der Waals surface area contributed by atoms with Crippen molar-refractivity contribution in [2.75, 3.05) is 33.5 Å². The average Bonchev–Trinajstić information content (AvgIpc) is 3.28. The van der Waals surface area contributed by atoms with Crippen LogP contribution in [-0.4, -0.2) is 39.4 Å². The molecule has 0 bridgehead atoms. The molecule has 1 N–H and O–H groups in total. The second-order valence-corrected chi connectivity index (χ2v) is 7.43. The van der Waals surface area contributed by atoms with Crippen molar-refractivity contribution in [3.63, 3.8) is 0 Å². The fourth-order valence-corrected chi connectivity index (χ4v) is 4.14. The Balaban J connectivity index is 1.38. The standard InChI is InChI=1S/C23H27NO5/c1-26-18-5-7-19(8-6-18)27-13-12-24-22(25)23(10-2-3-11-23)17-4-9-20-21(16-17)29-15-14-28-20/h4-9,16H,2-3,10-15H2,1H3,(H,24,25). The number of benzene rings is 2. The molecule has 6 nitrogen and oxygen atoms in total. The van der Waals surface area contributed by atoms with Crippen LogP contribution in [0, 0.1) is 0 Å². The molecule has 1 aliphatic heterocycles. The number of hydrogen-bond donors (Lipinski definition) is 1. The second kappa shape index (κ2) is 8.64. The van der Waals surface area contributed by atoms with Crippen LogP contribution in [0.2, 0.25) is 0 Å². The third-order valence-corrected chi connectivity index (χ3v) is 5.70. The fourth-order valence-electron chi connectivity index (χ4n) is 4.14. The van der Waals surface area contributed by atoms with Gasteiger partial charge in [0, 0.05) is 0 Å². The lowest BCUT2D eigenvalue weighted by molar-refractivity contribution is -0.126. The molecule has 0 unspecified atom stereocenters. The maximum absolute atomic E-state index is 13.2. The maximum atomic E-state index is 13.2. The largest absolute Gasteiger partial charge is 0.497 e. The molecule has 0 spiro atoms. The Morgan fingerprint density at radius 2 is 1.69 bits per heavy atom. The number of rotatable bonds is 7. The molecule has 0 atom stereocenters. The Bertz CT molecular complexity index is 843. The van der Waals surface area contributed by atoms with Gasteiger partial charge in [-0.1, -0.05) is 18.9 Å². The number of ether oxygens (including phenoxy) is 4. The summed E-state index contributed by atoms with van der Waals surface area (Å²) < 4.78 is 22.2. The van der Waals surface area contributed by atoms with E-state index in [0.717, 1.165) is 54.2 Å². The summed E-state index contributed by atoms with van der Waals surface area (Å²) in [4.78, 5) is 13.2. The van der Waals surface area contributed by atoms with Crippen LogP contribution in [0.15, 0.2) is 42.5 Å². The zero-order valence-electron chi connectivity index (χ0n) is 16.7. The quantitative estimate of drug-likeness (QED) is 0.725. The summed E-state index contributed by atoms with van der Waals surface area (Å²) in [6.07, 6.45) is 3.78. The third kappa shape index (κ3) is 4.11. The molecule has 2 aliphatic rings. The van der Waals surface area contributed by atoms with Crippen LogP contribution in [0.4, 0.5) is 0 Å². The highest BCUT2D eigenvalue weighted by atomic mass is 16.6. The predicted octanol–water partition coefficient (Wildman–Crippen LogP) is 3.47. The molecule has 1 fully saturated rings. The zero-order valence-corrected chi connectivity index (χ0v) is 16.7. The summed E-state index contributed by atoms with van der Waals surface area (Å²) in [6.45, 7) is 1.97. The molecule has 2 aromatic rings. The topological polar surface area (TPSA) is 66.0 Å². The number of methoxy groups -OCH3 is 1. The molecule has 0 aromatic heterocycles. The normalized spacial score (nSPS) is 16.9. The lowest BCUT2D eigenvalue weighted by Gasteiger charge is -2.30. The van der Waals surface area contributed by atoms with Crippen molar-refractivity contribution in [2.45, 2.75) is 31.1 Å². The van der Waals surface area contributed by atoms with Crippen molar-refractivity contribution < 1.29 is 23.7 Å². The first-order valence-corrected chi connectivity index (χ1v) is 10.2. The molecule has 4 rings (SSSR count). The van der Waals surface area contributed by atoms with E-state index in [9.17, 15) is 4.79 Å². The van der Waals surface area contributed by atoms with Crippen LogP contribution in [-0.2, 0) is 10.2 Å². The Kier molecular flexibility index (Phi) is 5.79. The molecule has 1 aliphatic carbocycles. The molecule has 1 amide bonds. The number of carbonyl (C=O) groups excluding carboxylic acids is 1. The van der Waals surface area contributed by atoms with Gasteiger partial charge in [-0.05, 0) is 54.8 Å². The minimum atomic E-state index is -0.504. The van der Waals surface area contributed by atoms with Crippen molar-refractivity contribution in [2.24, 2.45) is 0 Å². The van der Waals surface area contributed by atoms with Gasteiger partial charge < -0.3 is 24.3 Å². The number of hydrogen-bond acceptors (Lipinski definition) is 5. The Labute approximate surface area is 171 Å². The first-order valence-electron chi connectivity index (χ1n) is 10.2. The SMILES string of the molecule is COc1ccc(OCCNC(=O)C2(c3ccc4c(c3)OCCO4)CCCC2)cc1. The van der Waals surface area contributed by atoms with Gasteiger partial charge in [0.05, 0.1) is 19.1 Å². The molecule has 154 valence electrons. The second-order valence-electron chi connectivity index (χ2n) is 7.43. The minimum absolute atomic E-state index is 0.0602. The van der Waals surface area contributed by atoms with E-state index in [0.29, 0.717) is 26.4 Å². The van der Waals surface area contributed by atoms with Gasteiger partial charge in [-0.2, -0.15) is 0 Å². The van der Waals surface area contributed by atoms with Crippen molar-refractivity contribution in [3.8, 4) is 23.0 Å². The van der Waals surface area contributed by atoms with Gasteiger partial charge in [-0.3, -0.25) is 4.79 Å². The van der Waals surface area contributed by atoms with Crippen molar-refractivity contribution in [3.05, 3.63) is 48.0 Å². The van der Waals surface area contributed by atoms with Crippen LogP contribution in [0.3, 0.4) is 0 Å². The van der Waals surface area contributed by atoms with Crippen molar-refractivity contribution in [1.82, 2.24) is 5.32 Å². The van der Waals surface area contributed by atoms with Gasteiger partial charge >= 0.3 is 0 Å². The van der Waals surface area contributed by atoms with E-state index in [2.05, 4.69) is 5.32 Å². The Morgan fingerprint density at radius 1 is 1.00 bits per heavy atom. The highest BCUT2D eigenvalue weighted by molar-refractivity contribution is 5.88. The minimum Gasteiger partial charge on any atom is -0.497 e. The van der Waals surface area contributed by atoms with Gasteiger partial charge in [-0.15, -0.1) is 0 Å². The van der Waals surface area contributed by atoms with E-state index in [-0.39, 0.29) is 5.91 Å². The van der Waals surface area contributed by atoms with E-state index >= 15 is 0 Å². The summed E-state index contributed by atoms with van der Waals surface area (Å²) in [5.74, 6) is 3.08. The van der Waals surface area contributed by atoms with Crippen LogP contribution < -0.4 is 24.3 Å². The fraction of sp³-hybridized carbons (Fsp3) is 0.435. The number of carbonyl (C=O) groups is 1. The monoisotopic (exact) mass is 397 g/mol. The summed E-state index contributed by atoms with van der Waals surface area (Å²) in [6, 6.07) is 13.3. The van der Waals surface area contributed by atoms with Crippen molar-refractivity contribution in [1.29, 1.82) is 0 Å². The molecule has 29 heavy (non-hydrogen) atoms. The summed E-state index contributed by atoms with van der Waals surface area (Å²) in [5, 5.41) is 3.08. The predicted molar refractivity (Wildman–Crippen MR) is 109 cm³/mol. The number of amides is 1. The Hall–Kier alpha value is -2.89. The van der Waals surface area contributed by atoms with E-state index in [1.54, 1.807) is 7.11 Å². The lowest BCUT2D eigenvalue weighted by atomic mass is 9.77. The molecule has 0 radical (unpaired) electrons. The number of nitrogens with one attached hydrogen (secondary N) is 1. The highest BCUT2D eigenvalue weighted by Gasteiger charge is 2.43. The van der Waals surface area contributed by atoms with Crippen LogP contribution >= 0.6 is 0 Å². The molecule has 1 heterocycles. The average molecular weight is 397 g/mol. The maximum Gasteiger partial charge on any atom is 0.230 e. The van der Waals surface area contributed by atoms with E-state index in [1.165, 1.54) is 0 Å². The van der Waals surface area contributed by atoms with Crippen molar-refractivity contribution >= 4 is 5.91 Å². The zero-order chi connectivity index (χ0) is 20.1. The summed E-state index contributed by atoms with van der Waals surface area (Å²) >= 11 is 0. The van der Waals surface area contributed by atoms with E-state index in [4.69, 9.17) is 18.9 Å². The molecule has 1 saturated carbocycles. The lowest BCUT2D eigenvalue weighted by Crippen LogP contribution is -2.44. The molecular weight excluding hydrogens is 370 g/mol. The molecular formula is C23H27NO5. The van der Waals surface area contributed by atoms with Gasteiger partial charge in [-0.25, -0.2) is 0 Å². The molecule has 6 heteroatoms. The van der Waals surface area contributed by atoms with E-state index in [1.807, 2.05) is 42.5 Å². The van der Waals surface area contributed by atoms with Gasteiger partial charge in [0.1, 0.15) is 31.3 Å². The summed E-state index contributed by atoms with van der Waals surface area (Å²) in [7, 11) is 1.63. The molecule has 2 aromatic carbocycles. The highest BCUT2D eigenvalue weighted by Crippen LogP contribution is 2.44. The van der Waals surface area contributed by atoms with Crippen LogP contribution in [0.1, 0.15) is 31.2 Å².